The van der Waals surface area contributed by atoms with E-state index in [4.69, 9.17) is 16.1 Å². The van der Waals surface area contributed by atoms with Crippen LogP contribution in [0.3, 0.4) is 0 Å². The summed E-state index contributed by atoms with van der Waals surface area (Å²) in [6.07, 6.45) is 4.68. The standard InChI is InChI=1S/C18H21ClN6O.HI/c1-20-18(22-10-13-25-11-2-3-12-25)21-9-8-16-23-17(24-26-16)14-4-6-15(19)7-5-14;/h2-7,11-12H,8-10,13H2,1H3,(H2,20,21,22);1H. The molecule has 0 saturated carbocycles. The Morgan fingerprint density at radius 2 is 1.85 bits per heavy atom. The molecule has 3 rings (SSSR count). The van der Waals surface area contributed by atoms with Crippen molar-refractivity contribution in [1.29, 1.82) is 0 Å². The molecular weight excluding hydrogens is 479 g/mol. The van der Waals surface area contributed by atoms with Crippen LogP contribution in [0.1, 0.15) is 5.89 Å². The highest BCUT2D eigenvalue weighted by atomic mass is 127. The third kappa shape index (κ3) is 6.55. The van der Waals surface area contributed by atoms with Gasteiger partial charge in [0, 0.05) is 56.1 Å². The van der Waals surface area contributed by atoms with Gasteiger partial charge in [0.25, 0.3) is 0 Å². The molecule has 2 heterocycles. The minimum absolute atomic E-state index is 0. The number of aromatic nitrogens is 3. The van der Waals surface area contributed by atoms with Gasteiger partial charge in [0.2, 0.25) is 11.7 Å². The van der Waals surface area contributed by atoms with Crippen LogP contribution in [0, 0.1) is 0 Å². The summed E-state index contributed by atoms with van der Waals surface area (Å²) in [5.41, 5.74) is 0.875. The van der Waals surface area contributed by atoms with Crippen molar-refractivity contribution in [2.45, 2.75) is 13.0 Å². The van der Waals surface area contributed by atoms with E-state index in [1.807, 2.05) is 36.7 Å². The third-order valence-electron chi connectivity index (χ3n) is 3.75. The average Bonchev–Trinajstić information content (AvgIpc) is 3.33. The van der Waals surface area contributed by atoms with Crippen molar-refractivity contribution in [1.82, 2.24) is 25.3 Å². The lowest BCUT2D eigenvalue weighted by molar-refractivity contribution is 0.378. The highest BCUT2D eigenvalue weighted by molar-refractivity contribution is 14.0. The average molecular weight is 501 g/mol. The van der Waals surface area contributed by atoms with Crippen molar-refractivity contribution in [2.75, 3.05) is 20.1 Å². The van der Waals surface area contributed by atoms with Crippen molar-refractivity contribution in [3.8, 4) is 11.4 Å². The van der Waals surface area contributed by atoms with E-state index in [9.17, 15) is 0 Å². The first kappa shape index (κ1) is 21.2. The molecule has 0 amide bonds. The van der Waals surface area contributed by atoms with Gasteiger partial charge in [-0.15, -0.1) is 24.0 Å². The zero-order valence-corrected chi connectivity index (χ0v) is 18.0. The number of aliphatic imine (C=N–C) groups is 1. The van der Waals surface area contributed by atoms with E-state index in [0.29, 0.717) is 29.7 Å². The van der Waals surface area contributed by atoms with Gasteiger partial charge in [-0.25, -0.2) is 0 Å². The maximum Gasteiger partial charge on any atom is 0.228 e. The Labute approximate surface area is 180 Å². The fraction of sp³-hybridized carbons (Fsp3) is 0.278. The molecule has 1 aromatic carbocycles. The number of nitrogens with zero attached hydrogens (tertiary/aromatic N) is 4. The molecule has 0 aliphatic rings. The number of rotatable bonds is 7. The lowest BCUT2D eigenvalue weighted by atomic mass is 10.2. The van der Waals surface area contributed by atoms with Gasteiger partial charge >= 0.3 is 0 Å². The first-order valence-corrected chi connectivity index (χ1v) is 8.76. The van der Waals surface area contributed by atoms with Gasteiger partial charge in [-0.1, -0.05) is 16.8 Å². The van der Waals surface area contributed by atoms with Crippen LogP contribution in [0.2, 0.25) is 5.02 Å². The molecule has 0 spiro atoms. The van der Waals surface area contributed by atoms with E-state index >= 15 is 0 Å². The number of nitrogens with one attached hydrogen (secondary N) is 2. The summed E-state index contributed by atoms with van der Waals surface area (Å²) in [4.78, 5) is 8.61. The Bertz CT molecular complexity index is 832. The van der Waals surface area contributed by atoms with Crippen molar-refractivity contribution in [2.24, 2.45) is 4.99 Å². The highest BCUT2D eigenvalue weighted by Crippen LogP contribution is 2.18. The molecule has 0 fully saturated rings. The second kappa shape index (κ2) is 10.9. The van der Waals surface area contributed by atoms with E-state index < -0.39 is 0 Å². The molecule has 0 radical (unpaired) electrons. The fourth-order valence-electron chi connectivity index (χ4n) is 2.40. The van der Waals surface area contributed by atoms with Crippen LogP contribution in [-0.4, -0.2) is 40.8 Å². The maximum atomic E-state index is 5.89. The van der Waals surface area contributed by atoms with Crippen LogP contribution in [0.15, 0.2) is 58.3 Å². The van der Waals surface area contributed by atoms with Gasteiger partial charge in [0.05, 0.1) is 0 Å². The lowest BCUT2D eigenvalue weighted by Gasteiger charge is -2.11. The largest absolute Gasteiger partial charge is 0.356 e. The summed E-state index contributed by atoms with van der Waals surface area (Å²) in [6, 6.07) is 11.4. The molecular formula is C18H22ClIN6O. The molecule has 0 unspecified atom stereocenters. The molecule has 144 valence electrons. The molecule has 2 N–H and O–H groups in total. The van der Waals surface area contributed by atoms with Gasteiger partial charge < -0.3 is 19.7 Å². The minimum Gasteiger partial charge on any atom is -0.356 e. The fourth-order valence-corrected chi connectivity index (χ4v) is 2.53. The van der Waals surface area contributed by atoms with Crippen molar-refractivity contribution in [3.05, 3.63) is 59.7 Å². The smallest absolute Gasteiger partial charge is 0.228 e. The molecule has 3 aromatic rings. The summed E-state index contributed by atoms with van der Waals surface area (Å²) < 4.78 is 7.41. The number of hydrogen-bond acceptors (Lipinski definition) is 4. The van der Waals surface area contributed by atoms with Crippen LogP contribution in [0.25, 0.3) is 11.4 Å². The predicted molar refractivity (Wildman–Crippen MR) is 118 cm³/mol. The SMILES string of the molecule is CN=C(NCCc1nc(-c2ccc(Cl)cc2)no1)NCCn1cccc1.I. The normalized spacial score (nSPS) is 11.1. The molecule has 2 aromatic heterocycles. The van der Waals surface area contributed by atoms with E-state index in [1.54, 1.807) is 19.2 Å². The minimum atomic E-state index is 0. The second-order valence-electron chi connectivity index (χ2n) is 5.62. The summed E-state index contributed by atoms with van der Waals surface area (Å²) in [5.74, 6) is 1.88. The van der Waals surface area contributed by atoms with E-state index in [-0.39, 0.29) is 24.0 Å². The van der Waals surface area contributed by atoms with Crippen LogP contribution in [0.4, 0.5) is 0 Å². The van der Waals surface area contributed by atoms with Crippen molar-refractivity contribution < 1.29 is 4.52 Å². The quantitative estimate of drug-likeness (QED) is 0.296. The Kier molecular flexibility index (Phi) is 8.59. The molecule has 0 saturated heterocycles. The first-order valence-electron chi connectivity index (χ1n) is 8.38. The molecule has 0 aliphatic heterocycles. The molecule has 7 nitrogen and oxygen atoms in total. The topological polar surface area (TPSA) is 80.3 Å². The third-order valence-corrected chi connectivity index (χ3v) is 4.01. The van der Waals surface area contributed by atoms with Crippen LogP contribution in [-0.2, 0) is 13.0 Å². The Morgan fingerprint density at radius 1 is 1.15 bits per heavy atom. The van der Waals surface area contributed by atoms with E-state index in [2.05, 4.69) is 30.3 Å². The summed E-state index contributed by atoms with van der Waals surface area (Å²) >= 11 is 5.89. The van der Waals surface area contributed by atoms with Crippen molar-refractivity contribution >= 4 is 41.5 Å². The summed E-state index contributed by atoms with van der Waals surface area (Å²) in [6.45, 7) is 2.31. The number of hydrogen-bond donors (Lipinski definition) is 2. The Hall–Kier alpha value is -2.07. The van der Waals surface area contributed by atoms with Gasteiger partial charge in [-0.2, -0.15) is 4.98 Å². The van der Waals surface area contributed by atoms with Gasteiger partial charge in [0.1, 0.15) is 0 Å². The van der Waals surface area contributed by atoms with Crippen molar-refractivity contribution in [3.63, 3.8) is 0 Å². The predicted octanol–water partition coefficient (Wildman–Crippen LogP) is 3.22. The first-order chi connectivity index (χ1) is 12.7. The van der Waals surface area contributed by atoms with Gasteiger partial charge in [-0.05, 0) is 36.4 Å². The zero-order valence-electron chi connectivity index (χ0n) is 14.9. The molecule has 27 heavy (non-hydrogen) atoms. The molecule has 9 heteroatoms. The monoisotopic (exact) mass is 500 g/mol. The summed E-state index contributed by atoms with van der Waals surface area (Å²) in [5, 5.41) is 11.2. The van der Waals surface area contributed by atoms with Crippen LogP contribution in [0.5, 0.6) is 0 Å². The highest BCUT2D eigenvalue weighted by Gasteiger charge is 2.08. The number of guanidine groups is 1. The zero-order chi connectivity index (χ0) is 18.2. The van der Waals surface area contributed by atoms with E-state index in [0.717, 1.165) is 24.6 Å². The van der Waals surface area contributed by atoms with Gasteiger partial charge in [0.15, 0.2) is 5.96 Å². The summed E-state index contributed by atoms with van der Waals surface area (Å²) in [7, 11) is 1.75. The second-order valence-corrected chi connectivity index (χ2v) is 6.05. The number of benzene rings is 1. The Morgan fingerprint density at radius 3 is 2.56 bits per heavy atom. The number of halogens is 2. The molecule has 0 bridgehead atoms. The molecule has 0 atom stereocenters. The van der Waals surface area contributed by atoms with Gasteiger partial charge in [-0.3, -0.25) is 4.99 Å². The maximum absolute atomic E-state index is 5.89. The molecule has 0 aliphatic carbocycles. The van der Waals surface area contributed by atoms with E-state index in [1.165, 1.54) is 0 Å². The Balaban J connectivity index is 0.00000261. The van der Waals surface area contributed by atoms with Crippen LogP contribution >= 0.6 is 35.6 Å². The van der Waals surface area contributed by atoms with Crippen LogP contribution < -0.4 is 10.6 Å². The lowest BCUT2D eigenvalue weighted by Crippen LogP contribution is -2.39.